The normalized spacial score (nSPS) is 10.9. The summed E-state index contributed by atoms with van der Waals surface area (Å²) in [5.41, 5.74) is 7.29. The molecule has 0 N–H and O–H groups in total. The summed E-state index contributed by atoms with van der Waals surface area (Å²) in [6.45, 7) is 0. The zero-order chi connectivity index (χ0) is 19.6. The number of rotatable bonds is 3. The Labute approximate surface area is 176 Å². The quantitative estimate of drug-likeness (QED) is 0.289. The maximum atomic E-state index is 6.06. The molecule has 0 atom stereocenters. The summed E-state index contributed by atoms with van der Waals surface area (Å²) in [5.74, 6) is 0. The van der Waals surface area contributed by atoms with Crippen LogP contribution < -0.4 is 0 Å². The van der Waals surface area contributed by atoms with E-state index in [-0.39, 0.29) is 0 Å². The molecule has 0 bridgehead atoms. The summed E-state index contributed by atoms with van der Waals surface area (Å²) in [7, 11) is 0. The minimum Gasteiger partial charge on any atom is -0.0843 e. The summed E-state index contributed by atoms with van der Waals surface area (Å²) >= 11 is 6.06. The van der Waals surface area contributed by atoms with Gasteiger partial charge in [0, 0.05) is 5.02 Å². The van der Waals surface area contributed by atoms with Crippen LogP contribution in [0.25, 0.3) is 44.2 Å². The van der Waals surface area contributed by atoms with Crippen LogP contribution in [0.5, 0.6) is 0 Å². The topological polar surface area (TPSA) is 0 Å². The first-order valence-electron chi connectivity index (χ1n) is 9.72. The molecule has 0 saturated heterocycles. The van der Waals surface area contributed by atoms with Gasteiger partial charge < -0.3 is 0 Å². The highest BCUT2D eigenvalue weighted by Crippen LogP contribution is 2.34. The number of fused-ring (bicyclic) bond motifs is 1. The minimum absolute atomic E-state index is 0.757. The molecule has 0 aliphatic rings. The first kappa shape index (κ1) is 17.7. The van der Waals surface area contributed by atoms with Crippen molar-refractivity contribution < 1.29 is 0 Å². The molecule has 0 aromatic heterocycles. The molecule has 0 nitrogen and oxygen atoms in total. The SMILES string of the molecule is Clc1ccc(-c2cccc(-c3cccc4ccc(-c5ccccc5)cc34)c2)cc1. The van der Waals surface area contributed by atoms with Gasteiger partial charge in [-0.05, 0) is 68.4 Å². The lowest BCUT2D eigenvalue weighted by Gasteiger charge is -2.11. The summed E-state index contributed by atoms with van der Waals surface area (Å²) in [6, 6.07) is 40.5. The maximum Gasteiger partial charge on any atom is 0.0406 e. The van der Waals surface area contributed by atoms with Gasteiger partial charge in [0.25, 0.3) is 0 Å². The average Bonchev–Trinajstić information content (AvgIpc) is 2.79. The summed E-state index contributed by atoms with van der Waals surface area (Å²) < 4.78 is 0. The molecule has 5 rings (SSSR count). The van der Waals surface area contributed by atoms with E-state index < -0.39 is 0 Å². The maximum absolute atomic E-state index is 6.06. The predicted octanol–water partition coefficient (Wildman–Crippen LogP) is 8.49. The van der Waals surface area contributed by atoms with Crippen molar-refractivity contribution >= 4 is 22.4 Å². The van der Waals surface area contributed by atoms with Crippen LogP contribution in [0.2, 0.25) is 5.02 Å². The van der Waals surface area contributed by atoms with E-state index in [1.54, 1.807) is 0 Å². The lowest BCUT2D eigenvalue weighted by molar-refractivity contribution is 1.60. The van der Waals surface area contributed by atoms with E-state index in [0.717, 1.165) is 5.02 Å². The molecule has 0 saturated carbocycles. The third-order valence-electron chi connectivity index (χ3n) is 5.34. The Hall–Kier alpha value is -3.35. The summed E-state index contributed by atoms with van der Waals surface area (Å²) in [5, 5.41) is 3.27. The molecular formula is C28H19Cl. The standard InChI is InChI=1S/C28H19Cl/c29-26-16-14-21(15-17-26)23-9-4-10-25(18-23)27-11-5-8-22-12-13-24(19-28(22)27)20-6-2-1-3-7-20/h1-19H. The van der Waals surface area contributed by atoms with Crippen molar-refractivity contribution in [1.29, 1.82) is 0 Å². The molecule has 0 amide bonds. The third-order valence-corrected chi connectivity index (χ3v) is 5.59. The van der Waals surface area contributed by atoms with E-state index in [1.165, 1.54) is 44.2 Å². The zero-order valence-corrected chi connectivity index (χ0v) is 16.6. The van der Waals surface area contributed by atoms with Gasteiger partial charge in [-0.1, -0.05) is 103 Å². The molecule has 0 fully saturated rings. The monoisotopic (exact) mass is 390 g/mol. The molecule has 5 aromatic carbocycles. The Kier molecular flexibility index (Phi) is 4.63. The molecule has 0 aliphatic carbocycles. The average molecular weight is 391 g/mol. The number of hydrogen-bond acceptors (Lipinski definition) is 0. The van der Waals surface area contributed by atoms with Crippen molar-refractivity contribution in [3.63, 3.8) is 0 Å². The number of hydrogen-bond donors (Lipinski definition) is 0. The first-order valence-corrected chi connectivity index (χ1v) is 10.1. The van der Waals surface area contributed by atoms with Crippen LogP contribution in [0.1, 0.15) is 0 Å². The van der Waals surface area contributed by atoms with Crippen LogP contribution >= 0.6 is 11.6 Å². The van der Waals surface area contributed by atoms with Crippen LogP contribution in [0, 0.1) is 0 Å². The van der Waals surface area contributed by atoms with Crippen LogP contribution in [0.15, 0.2) is 115 Å². The molecule has 29 heavy (non-hydrogen) atoms. The number of benzene rings is 5. The van der Waals surface area contributed by atoms with E-state index >= 15 is 0 Å². The van der Waals surface area contributed by atoms with Gasteiger partial charge in [0.05, 0.1) is 0 Å². The molecular weight excluding hydrogens is 372 g/mol. The zero-order valence-electron chi connectivity index (χ0n) is 15.8. The van der Waals surface area contributed by atoms with Crippen molar-refractivity contribution in [2.45, 2.75) is 0 Å². The largest absolute Gasteiger partial charge is 0.0843 e. The highest BCUT2D eigenvalue weighted by atomic mass is 35.5. The van der Waals surface area contributed by atoms with Crippen molar-refractivity contribution in [3.05, 3.63) is 120 Å². The van der Waals surface area contributed by atoms with E-state index in [4.69, 9.17) is 11.6 Å². The Bertz CT molecular complexity index is 1290. The van der Waals surface area contributed by atoms with E-state index in [0.29, 0.717) is 0 Å². The van der Waals surface area contributed by atoms with Crippen LogP contribution in [-0.4, -0.2) is 0 Å². The summed E-state index contributed by atoms with van der Waals surface area (Å²) in [4.78, 5) is 0. The number of halogens is 1. The van der Waals surface area contributed by atoms with Crippen LogP contribution in [0.4, 0.5) is 0 Å². The van der Waals surface area contributed by atoms with Gasteiger partial charge in [0.1, 0.15) is 0 Å². The van der Waals surface area contributed by atoms with E-state index in [2.05, 4.69) is 103 Å². The molecule has 0 aliphatic heterocycles. The van der Waals surface area contributed by atoms with Crippen molar-refractivity contribution in [2.24, 2.45) is 0 Å². The van der Waals surface area contributed by atoms with Gasteiger partial charge >= 0.3 is 0 Å². The summed E-state index contributed by atoms with van der Waals surface area (Å²) in [6.07, 6.45) is 0. The second-order valence-electron chi connectivity index (χ2n) is 7.20. The Morgan fingerprint density at radius 3 is 1.86 bits per heavy atom. The van der Waals surface area contributed by atoms with Crippen LogP contribution in [-0.2, 0) is 0 Å². The highest BCUT2D eigenvalue weighted by Gasteiger charge is 2.07. The second-order valence-corrected chi connectivity index (χ2v) is 7.63. The molecule has 0 radical (unpaired) electrons. The van der Waals surface area contributed by atoms with Crippen molar-refractivity contribution in [1.82, 2.24) is 0 Å². The van der Waals surface area contributed by atoms with Gasteiger partial charge in [-0.25, -0.2) is 0 Å². The third kappa shape index (κ3) is 3.55. The van der Waals surface area contributed by atoms with Gasteiger partial charge in [0.2, 0.25) is 0 Å². The minimum atomic E-state index is 0.757. The Morgan fingerprint density at radius 2 is 1.03 bits per heavy atom. The molecule has 1 heteroatoms. The van der Waals surface area contributed by atoms with Crippen molar-refractivity contribution in [3.8, 4) is 33.4 Å². The molecule has 0 heterocycles. The van der Waals surface area contributed by atoms with Gasteiger partial charge in [-0.3, -0.25) is 0 Å². The van der Waals surface area contributed by atoms with Gasteiger partial charge in [-0.2, -0.15) is 0 Å². The van der Waals surface area contributed by atoms with Crippen molar-refractivity contribution in [2.75, 3.05) is 0 Å². The molecule has 0 unspecified atom stereocenters. The smallest absolute Gasteiger partial charge is 0.0406 e. The highest BCUT2D eigenvalue weighted by molar-refractivity contribution is 6.30. The Balaban J connectivity index is 1.65. The van der Waals surface area contributed by atoms with Gasteiger partial charge in [-0.15, -0.1) is 0 Å². The Morgan fingerprint density at radius 1 is 0.414 bits per heavy atom. The van der Waals surface area contributed by atoms with Crippen LogP contribution in [0.3, 0.4) is 0 Å². The fraction of sp³-hybridized carbons (Fsp3) is 0. The predicted molar refractivity (Wildman–Crippen MR) is 125 cm³/mol. The molecule has 5 aromatic rings. The lowest BCUT2D eigenvalue weighted by Crippen LogP contribution is -1.85. The molecule has 0 spiro atoms. The van der Waals surface area contributed by atoms with Gasteiger partial charge in [0.15, 0.2) is 0 Å². The van der Waals surface area contributed by atoms with E-state index in [9.17, 15) is 0 Å². The van der Waals surface area contributed by atoms with E-state index in [1.807, 2.05) is 12.1 Å². The lowest BCUT2D eigenvalue weighted by atomic mass is 9.93. The fourth-order valence-corrected chi connectivity index (χ4v) is 3.97. The fourth-order valence-electron chi connectivity index (χ4n) is 3.84. The molecule has 138 valence electrons. The first-order chi connectivity index (χ1) is 14.3. The second kappa shape index (κ2) is 7.58.